The lowest BCUT2D eigenvalue weighted by Gasteiger charge is -2.32. The van der Waals surface area contributed by atoms with Crippen LogP contribution >= 0.6 is 11.6 Å². The molecule has 0 radical (unpaired) electrons. The van der Waals surface area contributed by atoms with Crippen LogP contribution in [0, 0.1) is 0 Å². The number of hydrogen-bond donors (Lipinski definition) is 0. The Kier molecular flexibility index (Phi) is 3.31. The van der Waals surface area contributed by atoms with Gasteiger partial charge in [-0.15, -0.1) is 0 Å². The summed E-state index contributed by atoms with van der Waals surface area (Å²) in [6.45, 7) is 7.94. The lowest BCUT2D eigenvalue weighted by atomic mass is 9.80. The van der Waals surface area contributed by atoms with Gasteiger partial charge in [0.05, 0.1) is 16.7 Å². The van der Waals surface area contributed by atoms with E-state index in [2.05, 4.69) is 15.1 Å². The molecule has 1 aliphatic heterocycles. The van der Waals surface area contributed by atoms with E-state index in [1.807, 2.05) is 33.8 Å². The first-order valence-electron chi connectivity index (χ1n) is 6.68. The Balaban J connectivity index is 2.08. The van der Waals surface area contributed by atoms with Crippen LogP contribution in [0.3, 0.4) is 0 Å². The molecule has 0 N–H and O–H groups in total. The molecule has 3 heterocycles. The van der Waals surface area contributed by atoms with Gasteiger partial charge < -0.3 is 9.31 Å². The van der Waals surface area contributed by atoms with Gasteiger partial charge in [-0.25, -0.2) is 14.6 Å². The Morgan fingerprint density at radius 3 is 2.38 bits per heavy atom. The second-order valence-electron chi connectivity index (χ2n) is 5.94. The molecule has 1 saturated heterocycles. The van der Waals surface area contributed by atoms with Gasteiger partial charge in [-0.1, -0.05) is 11.6 Å². The topological polar surface area (TPSA) is 62.1 Å². The first kappa shape index (κ1) is 14.5. The minimum absolute atomic E-state index is 0.300. The number of hydrogen-bond acceptors (Lipinski definition) is 5. The van der Waals surface area contributed by atoms with E-state index in [0.29, 0.717) is 16.4 Å². The van der Waals surface area contributed by atoms with Crippen LogP contribution in [-0.4, -0.2) is 38.1 Å². The number of aromatic nitrogens is 4. The Bertz CT molecular complexity index is 644. The van der Waals surface area contributed by atoms with E-state index in [-0.39, 0.29) is 0 Å². The highest BCUT2D eigenvalue weighted by Gasteiger charge is 2.53. The molecule has 2 aromatic heterocycles. The maximum atomic E-state index is 6.26. The van der Waals surface area contributed by atoms with Gasteiger partial charge in [0.2, 0.25) is 0 Å². The summed E-state index contributed by atoms with van der Waals surface area (Å²) in [4.78, 5) is 8.31. The molecule has 0 unspecified atom stereocenters. The van der Waals surface area contributed by atoms with E-state index in [9.17, 15) is 0 Å². The van der Waals surface area contributed by atoms with Gasteiger partial charge in [-0.2, -0.15) is 5.10 Å². The number of halogens is 1. The Morgan fingerprint density at radius 1 is 1.14 bits per heavy atom. The molecule has 2 aromatic rings. The third kappa shape index (κ3) is 2.35. The van der Waals surface area contributed by atoms with Crippen LogP contribution in [-0.2, 0) is 9.31 Å². The molecule has 0 bridgehead atoms. The monoisotopic (exact) mass is 306 g/mol. The highest BCUT2D eigenvalue weighted by atomic mass is 35.5. The van der Waals surface area contributed by atoms with Crippen molar-refractivity contribution in [2.75, 3.05) is 0 Å². The third-order valence-electron chi connectivity index (χ3n) is 4.02. The predicted octanol–water partition coefficient (Wildman–Crippen LogP) is 1.61. The van der Waals surface area contributed by atoms with Crippen molar-refractivity contribution in [2.45, 2.75) is 38.9 Å². The molecule has 0 spiro atoms. The van der Waals surface area contributed by atoms with Crippen molar-refractivity contribution in [1.82, 2.24) is 19.7 Å². The molecular formula is C13H16BClN4O2. The summed E-state index contributed by atoms with van der Waals surface area (Å²) in [7, 11) is -0.636. The largest absolute Gasteiger partial charge is 0.501 e. The number of nitrogens with zero attached hydrogens (tertiary/aromatic N) is 4. The minimum atomic E-state index is -0.636. The average Bonchev–Trinajstić information content (AvgIpc) is 2.96. The van der Waals surface area contributed by atoms with E-state index in [4.69, 9.17) is 20.9 Å². The summed E-state index contributed by atoms with van der Waals surface area (Å²) in [6.07, 6.45) is 4.85. The fraction of sp³-hybridized carbons (Fsp3) is 0.462. The van der Waals surface area contributed by atoms with Gasteiger partial charge >= 0.3 is 7.12 Å². The van der Waals surface area contributed by atoms with Gasteiger partial charge in [0, 0.05) is 12.4 Å². The summed E-state index contributed by atoms with van der Waals surface area (Å²) < 4.78 is 13.7. The molecule has 0 amide bonds. The van der Waals surface area contributed by atoms with Crippen LogP contribution < -0.4 is 5.46 Å². The van der Waals surface area contributed by atoms with E-state index in [1.165, 1.54) is 6.33 Å². The molecule has 6 nitrogen and oxygen atoms in total. The van der Waals surface area contributed by atoms with E-state index >= 15 is 0 Å². The summed E-state index contributed by atoms with van der Waals surface area (Å²) in [5.41, 5.74) is -0.335. The van der Waals surface area contributed by atoms with Crippen LogP contribution in [0.5, 0.6) is 0 Å². The number of rotatable bonds is 2. The van der Waals surface area contributed by atoms with Gasteiger partial charge in [-0.05, 0) is 33.8 Å². The fourth-order valence-corrected chi connectivity index (χ4v) is 2.32. The third-order valence-corrected chi connectivity index (χ3v) is 4.33. The van der Waals surface area contributed by atoms with Crippen molar-refractivity contribution in [3.05, 3.63) is 29.9 Å². The highest BCUT2D eigenvalue weighted by Crippen LogP contribution is 2.37. The van der Waals surface area contributed by atoms with Gasteiger partial charge in [0.25, 0.3) is 0 Å². The lowest BCUT2D eigenvalue weighted by Crippen LogP contribution is -2.41. The second-order valence-corrected chi connectivity index (χ2v) is 6.30. The molecule has 0 aliphatic carbocycles. The van der Waals surface area contributed by atoms with Crippen LogP contribution in [0.1, 0.15) is 27.7 Å². The molecular weight excluding hydrogens is 290 g/mol. The summed E-state index contributed by atoms with van der Waals surface area (Å²) in [5.74, 6) is 0.554. The molecule has 3 rings (SSSR count). The van der Waals surface area contributed by atoms with E-state index in [0.717, 1.165) is 0 Å². The Morgan fingerprint density at radius 2 is 1.81 bits per heavy atom. The van der Waals surface area contributed by atoms with Crippen molar-refractivity contribution in [1.29, 1.82) is 0 Å². The van der Waals surface area contributed by atoms with Gasteiger partial charge in [0.1, 0.15) is 11.5 Å². The zero-order valence-electron chi connectivity index (χ0n) is 12.4. The molecule has 1 fully saturated rings. The summed E-state index contributed by atoms with van der Waals surface area (Å²) >= 11 is 6.26. The second kappa shape index (κ2) is 4.79. The molecule has 21 heavy (non-hydrogen) atoms. The normalized spacial score (nSPS) is 20.0. The smallest absolute Gasteiger partial charge is 0.399 e. The zero-order chi connectivity index (χ0) is 15.3. The quantitative estimate of drug-likeness (QED) is 0.623. The fourth-order valence-electron chi connectivity index (χ4n) is 2.11. The van der Waals surface area contributed by atoms with Crippen LogP contribution in [0.15, 0.2) is 24.8 Å². The summed E-state index contributed by atoms with van der Waals surface area (Å²) in [5, 5.41) is 4.49. The standard InChI is InChI=1S/C13H16BClN4O2/c1-12(2)13(3,4)21-14(20-12)9-10(15)16-8-17-11(9)19-7-5-6-18-19/h5-8H,1-4H3. The van der Waals surface area contributed by atoms with Gasteiger partial charge in [0.15, 0.2) is 5.82 Å². The first-order chi connectivity index (χ1) is 9.82. The maximum Gasteiger partial charge on any atom is 0.501 e. The molecule has 0 saturated carbocycles. The zero-order valence-corrected chi connectivity index (χ0v) is 13.1. The van der Waals surface area contributed by atoms with Crippen LogP contribution in [0.4, 0.5) is 0 Å². The van der Waals surface area contributed by atoms with E-state index < -0.39 is 18.3 Å². The van der Waals surface area contributed by atoms with Crippen molar-refractivity contribution in [2.24, 2.45) is 0 Å². The Hall–Kier alpha value is -1.44. The first-order valence-corrected chi connectivity index (χ1v) is 7.06. The average molecular weight is 307 g/mol. The van der Waals surface area contributed by atoms with Gasteiger partial charge in [-0.3, -0.25) is 0 Å². The van der Waals surface area contributed by atoms with Crippen LogP contribution in [0.2, 0.25) is 5.15 Å². The van der Waals surface area contributed by atoms with Crippen LogP contribution in [0.25, 0.3) is 5.82 Å². The SMILES string of the molecule is CC1(C)OB(c2c(Cl)ncnc2-n2cccn2)OC1(C)C. The maximum absolute atomic E-state index is 6.26. The van der Waals surface area contributed by atoms with Crippen molar-refractivity contribution in [3.63, 3.8) is 0 Å². The molecule has 0 atom stereocenters. The minimum Gasteiger partial charge on any atom is -0.399 e. The van der Waals surface area contributed by atoms with Crippen molar-refractivity contribution >= 4 is 24.2 Å². The lowest BCUT2D eigenvalue weighted by molar-refractivity contribution is 0.00578. The molecule has 110 valence electrons. The highest BCUT2D eigenvalue weighted by molar-refractivity contribution is 6.66. The molecule has 0 aromatic carbocycles. The predicted molar refractivity (Wildman–Crippen MR) is 79.9 cm³/mol. The Labute approximate surface area is 128 Å². The van der Waals surface area contributed by atoms with Crippen molar-refractivity contribution < 1.29 is 9.31 Å². The molecule has 8 heteroatoms. The molecule has 1 aliphatic rings. The van der Waals surface area contributed by atoms with Crippen molar-refractivity contribution in [3.8, 4) is 5.82 Å². The van der Waals surface area contributed by atoms with E-state index in [1.54, 1.807) is 17.1 Å². The summed E-state index contributed by atoms with van der Waals surface area (Å²) in [6, 6.07) is 1.81.